The lowest BCUT2D eigenvalue weighted by molar-refractivity contribution is 0.249. The topological polar surface area (TPSA) is 86.7 Å². The number of nitrogens with zero attached hydrogens (tertiary/aromatic N) is 3. The second-order valence-electron chi connectivity index (χ2n) is 5.59. The van der Waals surface area contributed by atoms with Crippen LogP contribution in [0.4, 0.5) is 5.82 Å². The number of aliphatic hydroxyl groups excluding tert-OH is 1. The molecular formula is C16H19N5O. The van der Waals surface area contributed by atoms with Crippen molar-refractivity contribution in [2.45, 2.75) is 19.9 Å². The largest absolute Gasteiger partial charge is 0.394 e. The number of aromatic amines is 1. The standard InChI is InChI=1S/C16H19N5O/c1-10(2)14(8-22)21-16-12-6-13(11-4-3-5-17-7-11)20-15(12)18-9-19-16/h3-7,9-10,14,22H,8H2,1-2H3,(H2,18,19,20,21). The number of aromatic nitrogens is 4. The lowest BCUT2D eigenvalue weighted by Gasteiger charge is -2.20. The SMILES string of the molecule is CC(C)C(CO)Nc1ncnc2[nH]c(-c3cccnc3)cc12. The molecule has 3 aromatic rings. The second kappa shape index (κ2) is 6.11. The van der Waals surface area contributed by atoms with Crippen LogP contribution in [0, 0.1) is 5.92 Å². The van der Waals surface area contributed by atoms with Crippen molar-refractivity contribution in [3.63, 3.8) is 0 Å². The highest BCUT2D eigenvalue weighted by Crippen LogP contribution is 2.27. The minimum absolute atomic E-state index is 0.0464. The van der Waals surface area contributed by atoms with E-state index in [0.29, 0.717) is 5.92 Å². The second-order valence-corrected chi connectivity index (χ2v) is 5.59. The third-order valence-corrected chi connectivity index (χ3v) is 3.72. The molecule has 0 radical (unpaired) electrons. The highest BCUT2D eigenvalue weighted by Gasteiger charge is 2.15. The van der Waals surface area contributed by atoms with E-state index in [1.165, 1.54) is 6.33 Å². The van der Waals surface area contributed by atoms with Crippen molar-refractivity contribution >= 4 is 16.9 Å². The van der Waals surface area contributed by atoms with Gasteiger partial charge in [-0.15, -0.1) is 0 Å². The molecular weight excluding hydrogens is 278 g/mol. The predicted octanol–water partition coefficient (Wildman–Crippen LogP) is 2.45. The van der Waals surface area contributed by atoms with Crippen LogP contribution in [0.5, 0.6) is 0 Å². The van der Waals surface area contributed by atoms with Gasteiger partial charge in [-0.25, -0.2) is 9.97 Å². The quantitative estimate of drug-likeness (QED) is 0.673. The molecule has 3 heterocycles. The first-order valence-corrected chi connectivity index (χ1v) is 7.30. The molecule has 3 aromatic heterocycles. The van der Waals surface area contributed by atoms with Crippen molar-refractivity contribution in [1.29, 1.82) is 0 Å². The molecule has 1 unspecified atom stereocenters. The number of H-pyrrole nitrogens is 1. The van der Waals surface area contributed by atoms with Crippen LogP contribution in [0.15, 0.2) is 36.9 Å². The molecule has 0 spiro atoms. The van der Waals surface area contributed by atoms with Crippen molar-refractivity contribution in [1.82, 2.24) is 19.9 Å². The average Bonchev–Trinajstić information content (AvgIpc) is 2.98. The maximum atomic E-state index is 9.49. The summed E-state index contributed by atoms with van der Waals surface area (Å²) in [7, 11) is 0. The van der Waals surface area contributed by atoms with Gasteiger partial charge in [-0.05, 0) is 24.1 Å². The van der Waals surface area contributed by atoms with E-state index >= 15 is 0 Å². The maximum absolute atomic E-state index is 9.49. The predicted molar refractivity (Wildman–Crippen MR) is 86.5 cm³/mol. The molecule has 0 saturated carbocycles. The lowest BCUT2D eigenvalue weighted by Crippen LogP contribution is -2.29. The summed E-state index contributed by atoms with van der Waals surface area (Å²) in [6, 6.07) is 5.84. The van der Waals surface area contributed by atoms with E-state index in [2.05, 4.69) is 39.1 Å². The molecule has 0 amide bonds. The van der Waals surface area contributed by atoms with Gasteiger partial charge in [-0.1, -0.05) is 13.8 Å². The van der Waals surface area contributed by atoms with Crippen LogP contribution in [0.2, 0.25) is 0 Å². The van der Waals surface area contributed by atoms with Crippen molar-refractivity contribution in [2.24, 2.45) is 5.92 Å². The molecule has 3 N–H and O–H groups in total. The Bertz CT molecular complexity index is 754. The van der Waals surface area contributed by atoms with E-state index < -0.39 is 0 Å². The fraction of sp³-hybridized carbons (Fsp3) is 0.312. The van der Waals surface area contributed by atoms with Crippen molar-refractivity contribution in [3.8, 4) is 11.3 Å². The normalized spacial score (nSPS) is 12.7. The molecule has 0 bridgehead atoms. The molecule has 0 aliphatic carbocycles. The zero-order valence-corrected chi connectivity index (χ0v) is 12.6. The molecule has 6 heteroatoms. The number of hydrogen-bond acceptors (Lipinski definition) is 5. The Kier molecular flexibility index (Phi) is 4.02. The summed E-state index contributed by atoms with van der Waals surface area (Å²) in [4.78, 5) is 16.0. The minimum Gasteiger partial charge on any atom is -0.394 e. The molecule has 3 rings (SSSR count). The van der Waals surface area contributed by atoms with Crippen molar-refractivity contribution < 1.29 is 5.11 Å². The summed E-state index contributed by atoms with van der Waals surface area (Å²) in [5, 5.41) is 13.7. The Hall–Kier alpha value is -2.47. The Morgan fingerprint density at radius 3 is 2.86 bits per heavy atom. The monoisotopic (exact) mass is 297 g/mol. The zero-order valence-electron chi connectivity index (χ0n) is 12.6. The number of pyridine rings is 1. The Balaban J connectivity index is 2.00. The highest BCUT2D eigenvalue weighted by atomic mass is 16.3. The summed E-state index contributed by atoms with van der Waals surface area (Å²) < 4.78 is 0. The van der Waals surface area contributed by atoms with Crippen LogP contribution in [0.1, 0.15) is 13.8 Å². The van der Waals surface area contributed by atoms with E-state index in [-0.39, 0.29) is 12.6 Å². The van der Waals surface area contributed by atoms with Gasteiger partial charge in [-0.2, -0.15) is 0 Å². The van der Waals surface area contributed by atoms with Crippen LogP contribution in [0.3, 0.4) is 0 Å². The molecule has 0 aromatic carbocycles. The number of hydrogen-bond donors (Lipinski definition) is 3. The Morgan fingerprint density at radius 1 is 1.32 bits per heavy atom. The number of nitrogens with one attached hydrogen (secondary N) is 2. The van der Waals surface area contributed by atoms with Crippen LogP contribution in [-0.4, -0.2) is 37.7 Å². The maximum Gasteiger partial charge on any atom is 0.143 e. The number of aliphatic hydroxyl groups is 1. The van der Waals surface area contributed by atoms with Crippen LogP contribution in [-0.2, 0) is 0 Å². The van der Waals surface area contributed by atoms with Gasteiger partial charge in [-0.3, -0.25) is 4.98 Å². The summed E-state index contributed by atoms with van der Waals surface area (Å²) in [6.07, 6.45) is 5.06. The fourth-order valence-electron chi connectivity index (χ4n) is 2.33. The van der Waals surface area contributed by atoms with Crippen molar-refractivity contribution in [2.75, 3.05) is 11.9 Å². The number of rotatable bonds is 5. The molecule has 6 nitrogen and oxygen atoms in total. The Labute approximate surface area is 128 Å². The van der Waals surface area contributed by atoms with E-state index in [1.807, 2.05) is 18.2 Å². The van der Waals surface area contributed by atoms with E-state index in [4.69, 9.17) is 0 Å². The molecule has 22 heavy (non-hydrogen) atoms. The third-order valence-electron chi connectivity index (χ3n) is 3.72. The molecule has 114 valence electrons. The van der Waals surface area contributed by atoms with Gasteiger partial charge in [0.05, 0.1) is 18.0 Å². The van der Waals surface area contributed by atoms with Gasteiger partial charge in [0.15, 0.2) is 0 Å². The summed E-state index contributed by atoms with van der Waals surface area (Å²) >= 11 is 0. The average molecular weight is 297 g/mol. The molecule has 0 saturated heterocycles. The molecule has 0 aliphatic rings. The Morgan fingerprint density at radius 2 is 2.18 bits per heavy atom. The van der Waals surface area contributed by atoms with Crippen LogP contribution >= 0.6 is 0 Å². The van der Waals surface area contributed by atoms with E-state index in [1.54, 1.807) is 12.4 Å². The van der Waals surface area contributed by atoms with Gasteiger partial charge in [0, 0.05) is 23.7 Å². The fourth-order valence-corrected chi connectivity index (χ4v) is 2.33. The van der Waals surface area contributed by atoms with E-state index in [0.717, 1.165) is 28.1 Å². The van der Waals surface area contributed by atoms with Crippen LogP contribution in [0.25, 0.3) is 22.3 Å². The van der Waals surface area contributed by atoms with Gasteiger partial charge >= 0.3 is 0 Å². The highest BCUT2D eigenvalue weighted by molar-refractivity contribution is 5.91. The number of anilines is 1. The number of fused-ring (bicyclic) bond motifs is 1. The van der Waals surface area contributed by atoms with Crippen molar-refractivity contribution in [3.05, 3.63) is 36.9 Å². The third kappa shape index (κ3) is 2.78. The molecule has 0 aliphatic heterocycles. The zero-order chi connectivity index (χ0) is 15.5. The summed E-state index contributed by atoms with van der Waals surface area (Å²) in [6.45, 7) is 4.18. The summed E-state index contributed by atoms with van der Waals surface area (Å²) in [5.74, 6) is 1.02. The molecule has 1 atom stereocenters. The first-order chi connectivity index (χ1) is 10.7. The van der Waals surface area contributed by atoms with Gasteiger partial charge < -0.3 is 15.4 Å². The molecule has 0 fully saturated rings. The lowest BCUT2D eigenvalue weighted by atomic mass is 10.1. The first kappa shape index (κ1) is 14.5. The van der Waals surface area contributed by atoms with Gasteiger partial charge in [0.25, 0.3) is 0 Å². The van der Waals surface area contributed by atoms with E-state index in [9.17, 15) is 5.11 Å². The smallest absolute Gasteiger partial charge is 0.143 e. The van der Waals surface area contributed by atoms with Gasteiger partial charge in [0.1, 0.15) is 17.8 Å². The van der Waals surface area contributed by atoms with Gasteiger partial charge in [0.2, 0.25) is 0 Å². The minimum atomic E-state index is -0.0464. The van der Waals surface area contributed by atoms with Crippen LogP contribution < -0.4 is 5.32 Å². The summed E-state index contributed by atoms with van der Waals surface area (Å²) in [5.41, 5.74) is 2.70. The first-order valence-electron chi connectivity index (χ1n) is 7.30.